The summed E-state index contributed by atoms with van der Waals surface area (Å²) in [6.07, 6.45) is 2.19. The average Bonchev–Trinajstić information content (AvgIpc) is 3.28. The van der Waals surface area contributed by atoms with Crippen LogP contribution in [0, 0.1) is 12.8 Å². The number of hydrogen-bond acceptors (Lipinski definition) is 5. The summed E-state index contributed by atoms with van der Waals surface area (Å²) >= 11 is 0. The van der Waals surface area contributed by atoms with Gasteiger partial charge in [0.2, 0.25) is 0 Å². The van der Waals surface area contributed by atoms with Gasteiger partial charge in [-0.1, -0.05) is 11.3 Å². The molecule has 1 fully saturated rings. The number of carbonyl (C=O) groups excluding carboxylic acids is 1. The highest BCUT2D eigenvalue weighted by atomic mass is 16.4. The van der Waals surface area contributed by atoms with Gasteiger partial charge in [0, 0.05) is 24.7 Å². The van der Waals surface area contributed by atoms with Crippen LogP contribution in [0.25, 0.3) is 16.6 Å². The molecule has 1 aromatic carbocycles. The van der Waals surface area contributed by atoms with Gasteiger partial charge in [-0.05, 0) is 37.6 Å². The quantitative estimate of drug-likeness (QED) is 0.770. The summed E-state index contributed by atoms with van der Waals surface area (Å²) in [6.45, 7) is 2.41. The molecule has 1 amide bonds. The molecule has 0 saturated carbocycles. The standard InChI is InChI=1S/C18H17N5O3/c1-11-16(17(24)22-9-7-12(10-22)18(25)26)20-21-23(11)15-6-2-5-14-13(15)4-3-8-19-14/h2-6,8,12H,7,9-10H2,1H3,(H,25,26). The first-order chi connectivity index (χ1) is 12.6. The maximum Gasteiger partial charge on any atom is 0.308 e. The van der Waals surface area contributed by atoms with Gasteiger partial charge >= 0.3 is 5.97 Å². The summed E-state index contributed by atoms with van der Waals surface area (Å²) in [7, 11) is 0. The zero-order valence-electron chi connectivity index (χ0n) is 14.2. The summed E-state index contributed by atoms with van der Waals surface area (Å²) in [6, 6.07) is 9.48. The van der Waals surface area contributed by atoms with Crippen molar-refractivity contribution in [2.75, 3.05) is 13.1 Å². The lowest BCUT2D eigenvalue weighted by atomic mass is 10.1. The van der Waals surface area contributed by atoms with Gasteiger partial charge in [-0.3, -0.25) is 14.6 Å². The minimum Gasteiger partial charge on any atom is -0.481 e. The van der Waals surface area contributed by atoms with E-state index in [1.165, 1.54) is 4.90 Å². The maximum absolute atomic E-state index is 12.7. The molecule has 3 heterocycles. The Balaban J connectivity index is 1.69. The fourth-order valence-electron chi connectivity index (χ4n) is 3.32. The Hall–Kier alpha value is -3.29. The van der Waals surface area contributed by atoms with E-state index in [-0.39, 0.29) is 18.1 Å². The molecule has 3 aromatic rings. The third kappa shape index (κ3) is 2.59. The molecular weight excluding hydrogens is 334 g/mol. The van der Waals surface area contributed by atoms with Crippen LogP contribution in [-0.2, 0) is 4.79 Å². The van der Waals surface area contributed by atoms with Gasteiger partial charge in [-0.15, -0.1) is 5.10 Å². The van der Waals surface area contributed by atoms with Gasteiger partial charge in [0.1, 0.15) is 0 Å². The van der Waals surface area contributed by atoms with E-state index in [1.54, 1.807) is 17.8 Å². The van der Waals surface area contributed by atoms with E-state index in [0.717, 1.165) is 16.6 Å². The van der Waals surface area contributed by atoms with Gasteiger partial charge in [0.15, 0.2) is 5.69 Å². The monoisotopic (exact) mass is 351 g/mol. The number of aliphatic carboxylic acids is 1. The first-order valence-corrected chi connectivity index (χ1v) is 8.35. The number of carbonyl (C=O) groups is 2. The van der Waals surface area contributed by atoms with Crippen molar-refractivity contribution >= 4 is 22.8 Å². The van der Waals surface area contributed by atoms with E-state index < -0.39 is 11.9 Å². The second-order valence-electron chi connectivity index (χ2n) is 6.36. The molecule has 0 bridgehead atoms. The van der Waals surface area contributed by atoms with Gasteiger partial charge in [0.25, 0.3) is 5.91 Å². The molecule has 8 nitrogen and oxygen atoms in total. The zero-order valence-corrected chi connectivity index (χ0v) is 14.2. The zero-order chi connectivity index (χ0) is 18.3. The Morgan fingerprint density at radius 2 is 2.08 bits per heavy atom. The minimum atomic E-state index is -0.871. The van der Waals surface area contributed by atoms with E-state index in [9.17, 15) is 9.59 Å². The van der Waals surface area contributed by atoms with Crippen LogP contribution in [0.2, 0.25) is 0 Å². The summed E-state index contributed by atoms with van der Waals surface area (Å²) in [5.41, 5.74) is 2.49. The molecule has 1 unspecified atom stereocenters. The van der Waals surface area contributed by atoms with Crippen molar-refractivity contribution in [3.63, 3.8) is 0 Å². The van der Waals surface area contributed by atoms with Crippen molar-refractivity contribution < 1.29 is 14.7 Å². The molecule has 1 N–H and O–H groups in total. The van der Waals surface area contributed by atoms with E-state index in [2.05, 4.69) is 15.3 Å². The third-order valence-corrected chi connectivity index (χ3v) is 4.77. The summed E-state index contributed by atoms with van der Waals surface area (Å²) in [4.78, 5) is 29.7. The van der Waals surface area contributed by atoms with Crippen molar-refractivity contribution in [3.8, 4) is 5.69 Å². The average molecular weight is 351 g/mol. The molecule has 4 rings (SSSR count). The van der Waals surface area contributed by atoms with E-state index in [0.29, 0.717) is 18.7 Å². The number of hydrogen-bond donors (Lipinski definition) is 1. The number of benzene rings is 1. The van der Waals surface area contributed by atoms with Crippen LogP contribution in [0.15, 0.2) is 36.5 Å². The lowest BCUT2D eigenvalue weighted by molar-refractivity contribution is -0.141. The predicted octanol–water partition coefficient (Wildman–Crippen LogP) is 1.67. The normalized spacial score (nSPS) is 17.0. The molecule has 1 atom stereocenters. The van der Waals surface area contributed by atoms with Crippen molar-refractivity contribution in [2.45, 2.75) is 13.3 Å². The summed E-state index contributed by atoms with van der Waals surface area (Å²) in [5.74, 6) is -1.67. The van der Waals surface area contributed by atoms with Crippen molar-refractivity contribution in [1.82, 2.24) is 24.9 Å². The number of nitrogens with zero attached hydrogens (tertiary/aromatic N) is 5. The van der Waals surface area contributed by atoms with Crippen molar-refractivity contribution in [3.05, 3.63) is 47.9 Å². The Morgan fingerprint density at radius 1 is 1.23 bits per heavy atom. The lowest BCUT2D eigenvalue weighted by Crippen LogP contribution is -2.30. The highest BCUT2D eigenvalue weighted by Crippen LogP contribution is 2.23. The first-order valence-electron chi connectivity index (χ1n) is 8.35. The Bertz CT molecular complexity index is 1010. The molecule has 26 heavy (non-hydrogen) atoms. The number of carboxylic acids is 1. The molecule has 0 spiro atoms. The van der Waals surface area contributed by atoms with Crippen LogP contribution in [0.1, 0.15) is 22.6 Å². The van der Waals surface area contributed by atoms with Gasteiger partial charge in [-0.2, -0.15) is 0 Å². The smallest absolute Gasteiger partial charge is 0.308 e. The second-order valence-corrected chi connectivity index (χ2v) is 6.36. The Kier molecular flexibility index (Phi) is 3.87. The van der Waals surface area contributed by atoms with Crippen LogP contribution in [-0.4, -0.2) is 55.0 Å². The second kappa shape index (κ2) is 6.21. The highest BCUT2D eigenvalue weighted by molar-refractivity contribution is 5.94. The third-order valence-electron chi connectivity index (χ3n) is 4.77. The van der Waals surface area contributed by atoms with Crippen molar-refractivity contribution in [2.24, 2.45) is 5.92 Å². The Labute approximate surface area is 149 Å². The van der Waals surface area contributed by atoms with Crippen LogP contribution in [0.5, 0.6) is 0 Å². The Morgan fingerprint density at radius 3 is 2.85 bits per heavy atom. The topological polar surface area (TPSA) is 101 Å². The van der Waals surface area contributed by atoms with Crippen LogP contribution in [0.3, 0.4) is 0 Å². The molecular formula is C18H17N5O3. The van der Waals surface area contributed by atoms with E-state index in [4.69, 9.17) is 5.11 Å². The molecule has 0 aliphatic carbocycles. The fraction of sp³-hybridized carbons (Fsp3) is 0.278. The molecule has 1 aliphatic rings. The number of rotatable bonds is 3. The number of carboxylic acid groups (broad SMARTS) is 1. The molecule has 132 valence electrons. The highest BCUT2D eigenvalue weighted by Gasteiger charge is 2.33. The molecule has 1 aliphatic heterocycles. The van der Waals surface area contributed by atoms with Crippen molar-refractivity contribution in [1.29, 1.82) is 0 Å². The SMILES string of the molecule is Cc1c(C(=O)N2CCC(C(=O)O)C2)nnn1-c1cccc2ncccc12. The number of likely N-dealkylation sites (tertiary alicyclic amines) is 1. The molecule has 0 radical (unpaired) electrons. The van der Waals surface area contributed by atoms with Crippen LogP contribution in [0.4, 0.5) is 0 Å². The van der Waals surface area contributed by atoms with E-state index >= 15 is 0 Å². The number of fused-ring (bicyclic) bond motifs is 1. The number of aromatic nitrogens is 4. The number of amides is 1. The van der Waals surface area contributed by atoms with Crippen LogP contribution >= 0.6 is 0 Å². The predicted molar refractivity (Wildman–Crippen MR) is 93.0 cm³/mol. The van der Waals surface area contributed by atoms with Gasteiger partial charge in [0.05, 0.1) is 22.8 Å². The minimum absolute atomic E-state index is 0.207. The number of pyridine rings is 1. The first kappa shape index (κ1) is 16.2. The largest absolute Gasteiger partial charge is 0.481 e. The molecule has 8 heteroatoms. The van der Waals surface area contributed by atoms with Crippen LogP contribution < -0.4 is 0 Å². The van der Waals surface area contributed by atoms with E-state index in [1.807, 2.05) is 30.3 Å². The lowest BCUT2D eigenvalue weighted by Gasteiger charge is -2.14. The van der Waals surface area contributed by atoms with Gasteiger partial charge in [-0.25, -0.2) is 4.68 Å². The summed E-state index contributed by atoms with van der Waals surface area (Å²) in [5, 5.41) is 18.3. The van der Waals surface area contributed by atoms with Gasteiger partial charge < -0.3 is 10.0 Å². The summed E-state index contributed by atoms with van der Waals surface area (Å²) < 4.78 is 1.63. The molecule has 1 saturated heterocycles. The maximum atomic E-state index is 12.7. The fourth-order valence-corrected chi connectivity index (χ4v) is 3.32. The molecule has 2 aromatic heterocycles.